The Labute approximate surface area is 155 Å². The molecule has 0 bridgehead atoms. The SMILES string of the molecule is NCc1ccc(NC[C@@H]2CCCN2C(=O)[C@H](N)Cc2ccccc2)cc1. The molecule has 2 atom stereocenters. The van der Waals surface area contributed by atoms with Crippen molar-refractivity contribution in [3.8, 4) is 0 Å². The fraction of sp³-hybridized carbons (Fsp3) is 0.381. The molecule has 5 nitrogen and oxygen atoms in total. The van der Waals surface area contributed by atoms with Gasteiger partial charge in [0, 0.05) is 31.4 Å². The Morgan fingerprint density at radius 3 is 2.54 bits per heavy atom. The van der Waals surface area contributed by atoms with Crippen LogP contribution in [-0.4, -0.2) is 36.0 Å². The summed E-state index contributed by atoms with van der Waals surface area (Å²) in [5.41, 5.74) is 15.1. The van der Waals surface area contributed by atoms with E-state index in [1.165, 1.54) is 0 Å². The van der Waals surface area contributed by atoms with E-state index in [-0.39, 0.29) is 11.9 Å². The van der Waals surface area contributed by atoms with Crippen LogP contribution in [0.25, 0.3) is 0 Å². The van der Waals surface area contributed by atoms with E-state index in [0.29, 0.717) is 13.0 Å². The Balaban J connectivity index is 1.55. The topological polar surface area (TPSA) is 84.4 Å². The Kier molecular flexibility index (Phi) is 6.26. The van der Waals surface area contributed by atoms with Gasteiger partial charge in [0.15, 0.2) is 0 Å². The molecule has 1 heterocycles. The summed E-state index contributed by atoms with van der Waals surface area (Å²) in [5, 5.41) is 3.44. The van der Waals surface area contributed by atoms with E-state index >= 15 is 0 Å². The van der Waals surface area contributed by atoms with Crippen molar-refractivity contribution < 1.29 is 4.79 Å². The average molecular weight is 352 g/mol. The molecule has 0 saturated carbocycles. The number of hydrogen-bond acceptors (Lipinski definition) is 4. The Hall–Kier alpha value is -2.37. The van der Waals surface area contributed by atoms with E-state index in [4.69, 9.17) is 11.5 Å². The minimum absolute atomic E-state index is 0.0524. The van der Waals surface area contributed by atoms with Gasteiger partial charge < -0.3 is 21.7 Å². The number of nitrogens with one attached hydrogen (secondary N) is 1. The summed E-state index contributed by atoms with van der Waals surface area (Å²) in [6.07, 6.45) is 2.62. The molecule has 1 amide bonds. The molecule has 1 saturated heterocycles. The molecule has 2 aromatic rings. The first-order chi connectivity index (χ1) is 12.7. The zero-order chi connectivity index (χ0) is 18.4. The molecule has 3 rings (SSSR count). The molecule has 1 fully saturated rings. The quantitative estimate of drug-likeness (QED) is 0.713. The summed E-state index contributed by atoms with van der Waals surface area (Å²) in [6.45, 7) is 2.08. The highest BCUT2D eigenvalue weighted by Gasteiger charge is 2.31. The zero-order valence-electron chi connectivity index (χ0n) is 15.1. The van der Waals surface area contributed by atoms with Gasteiger partial charge in [-0.05, 0) is 42.5 Å². The minimum Gasteiger partial charge on any atom is -0.383 e. The van der Waals surface area contributed by atoms with Gasteiger partial charge >= 0.3 is 0 Å². The lowest BCUT2D eigenvalue weighted by atomic mass is 10.1. The lowest BCUT2D eigenvalue weighted by Gasteiger charge is -2.28. The van der Waals surface area contributed by atoms with Crippen molar-refractivity contribution in [2.75, 3.05) is 18.4 Å². The maximum Gasteiger partial charge on any atom is 0.240 e. The van der Waals surface area contributed by atoms with E-state index in [1.54, 1.807) is 0 Å². The summed E-state index contributed by atoms with van der Waals surface area (Å²) in [7, 11) is 0. The van der Waals surface area contributed by atoms with Gasteiger partial charge in [-0.3, -0.25) is 4.79 Å². The molecular formula is C21H28N4O. The summed E-state index contributed by atoms with van der Waals surface area (Å²) < 4.78 is 0. The van der Waals surface area contributed by atoms with Crippen LogP contribution in [0.3, 0.4) is 0 Å². The molecule has 0 aromatic heterocycles. The van der Waals surface area contributed by atoms with E-state index in [9.17, 15) is 4.79 Å². The van der Waals surface area contributed by atoms with Gasteiger partial charge in [0.05, 0.1) is 6.04 Å². The first-order valence-electron chi connectivity index (χ1n) is 9.30. The number of hydrogen-bond donors (Lipinski definition) is 3. The average Bonchev–Trinajstić information content (AvgIpc) is 3.15. The molecule has 2 aromatic carbocycles. The van der Waals surface area contributed by atoms with Crippen molar-refractivity contribution >= 4 is 11.6 Å². The van der Waals surface area contributed by atoms with Crippen LogP contribution in [0.15, 0.2) is 54.6 Å². The second-order valence-electron chi connectivity index (χ2n) is 6.91. The van der Waals surface area contributed by atoms with Crippen molar-refractivity contribution in [1.29, 1.82) is 0 Å². The van der Waals surface area contributed by atoms with Gasteiger partial charge in [-0.25, -0.2) is 0 Å². The maximum atomic E-state index is 12.8. The van der Waals surface area contributed by atoms with Crippen molar-refractivity contribution in [1.82, 2.24) is 4.90 Å². The van der Waals surface area contributed by atoms with Crippen LogP contribution < -0.4 is 16.8 Å². The van der Waals surface area contributed by atoms with Crippen LogP contribution in [-0.2, 0) is 17.8 Å². The fourth-order valence-electron chi connectivity index (χ4n) is 3.50. The number of anilines is 1. The van der Waals surface area contributed by atoms with Gasteiger partial charge in [0.1, 0.15) is 0 Å². The predicted octanol–water partition coefficient (Wildman–Crippen LogP) is 2.12. The molecule has 0 radical (unpaired) electrons. The molecule has 0 aliphatic carbocycles. The van der Waals surface area contributed by atoms with Gasteiger partial charge in [-0.1, -0.05) is 42.5 Å². The maximum absolute atomic E-state index is 12.8. The molecular weight excluding hydrogens is 324 g/mol. The van der Waals surface area contributed by atoms with Gasteiger partial charge in [0.2, 0.25) is 5.91 Å². The van der Waals surface area contributed by atoms with Crippen LogP contribution in [0.4, 0.5) is 5.69 Å². The van der Waals surface area contributed by atoms with Crippen molar-refractivity contribution in [2.45, 2.75) is 37.9 Å². The van der Waals surface area contributed by atoms with Crippen LogP contribution in [0.5, 0.6) is 0 Å². The second kappa shape index (κ2) is 8.83. The first kappa shape index (κ1) is 18.4. The monoisotopic (exact) mass is 352 g/mol. The fourth-order valence-corrected chi connectivity index (χ4v) is 3.50. The molecule has 5 N–H and O–H groups in total. The van der Waals surface area contributed by atoms with E-state index in [0.717, 1.165) is 42.7 Å². The third-order valence-corrected chi connectivity index (χ3v) is 5.01. The highest BCUT2D eigenvalue weighted by molar-refractivity contribution is 5.82. The number of nitrogens with two attached hydrogens (primary N) is 2. The summed E-state index contributed by atoms with van der Waals surface area (Å²) in [6, 6.07) is 17.8. The van der Waals surface area contributed by atoms with Crippen molar-refractivity contribution in [3.63, 3.8) is 0 Å². The molecule has 1 aliphatic rings. The summed E-state index contributed by atoms with van der Waals surface area (Å²) in [4.78, 5) is 14.8. The number of nitrogens with zero attached hydrogens (tertiary/aromatic N) is 1. The minimum atomic E-state index is -0.484. The van der Waals surface area contributed by atoms with E-state index in [1.807, 2.05) is 59.5 Å². The number of carbonyl (C=O) groups is 1. The molecule has 0 unspecified atom stereocenters. The predicted molar refractivity (Wildman–Crippen MR) is 106 cm³/mol. The van der Waals surface area contributed by atoms with Crippen molar-refractivity contribution in [3.05, 3.63) is 65.7 Å². The Bertz CT molecular complexity index is 702. The zero-order valence-corrected chi connectivity index (χ0v) is 15.1. The highest BCUT2D eigenvalue weighted by atomic mass is 16.2. The Morgan fingerprint density at radius 1 is 1.12 bits per heavy atom. The molecule has 1 aliphatic heterocycles. The lowest BCUT2D eigenvalue weighted by Crippen LogP contribution is -2.48. The van der Waals surface area contributed by atoms with Gasteiger partial charge in [0.25, 0.3) is 0 Å². The number of carbonyl (C=O) groups excluding carboxylic acids is 1. The van der Waals surface area contributed by atoms with Gasteiger partial charge in [-0.15, -0.1) is 0 Å². The molecule has 26 heavy (non-hydrogen) atoms. The third kappa shape index (κ3) is 4.62. The van der Waals surface area contributed by atoms with E-state index in [2.05, 4.69) is 5.32 Å². The first-order valence-corrected chi connectivity index (χ1v) is 9.30. The third-order valence-electron chi connectivity index (χ3n) is 5.01. The second-order valence-corrected chi connectivity index (χ2v) is 6.91. The van der Waals surface area contributed by atoms with Crippen LogP contribution >= 0.6 is 0 Å². The summed E-state index contributed by atoms with van der Waals surface area (Å²) in [5.74, 6) is 0.0524. The molecule has 0 spiro atoms. The van der Waals surface area contributed by atoms with Crippen LogP contribution in [0, 0.1) is 0 Å². The number of amides is 1. The summed E-state index contributed by atoms with van der Waals surface area (Å²) >= 11 is 0. The normalized spacial score (nSPS) is 17.9. The number of likely N-dealkylation sites (tertiary alicyclic amines) is 1. The van der Waals surface area contributed by atoms with Crippen LogP contribution in [0.2, 0.25) is 0 Å². The largest absolute Gasteiger partial charge is 0.383 e. The lowest BCUT2D eigenvalue weighted by molar-refractivity contribution is -0.133. The smallest absolute Gasteiger partial charge is 0.240 e. The number of rotatable bonds is 7. The number of benzene rings is 2. The van der Waals surface area contributed by atoms with Gasteiger partial charge in [-0.2, -0.15) is 0 Å². The van der Waals surface area contributed by atoms with Crippen molar-refractivity contribution in [2.24, 2.45) is 11.5 Å². The molecule has 5 heteroatoms. The molecule has 138 valence electrons. The Morgan fingerprint density at radius 2 is 1.85 bits per heavy atom. The highest BCUT2D eigenvalue weighted by Crippen LogP contribution is 2.20. The standard InChI is InChI=1S/C21H28N4O/c22-14-17-8-10-18(11-9-17)24-15-19-7-4-12-25(19)21(26)20(23)13-16-5-2-1-3-6-16/h1-3,5-6,8-11,19-20,24H,4,7,12-15,22-23H2/t19-,20+/m0/s1. The van der Waals surface area contributed by atoms with Crippen LogP contribution in [0.1, 0.15) is 24.0 Å². The van der Waals surface area contributed by atoms with E-state index < -0.39 is 6.04 Å².